The van der Waals surface area contributed by atoms with Crippen molar-refractivity contribution in [1.29, 1.82) is 0 Å². The van der Waals surface area contributed by atoms with Crippen molar-refractivity contribution in [2.45, 2.75) is 56.2 Å². The second kappa shape index (κ2) is 13.6. The molecule has 47 heavy (non-hydrogen) atoms. The average Bonchev–Trinajstić information content (AvgIpc) is 3.79. The number of aromatic nitrogens is 4. The number of esters is 2. The molecule has 2 heterocycles. The van der Waals surface area contributed by atoms with Gasteiger partial charge in [-0.25, -0.2) is 9.48 Å². The number of hydrogen-bond donors (Lipinski definition) is 0. The lowest BCUT2D eigenvalue weighted by Crippen LogP contribution is -2.37. The number of fused-ring (bicyclic) bond motifs is 1. The third-order valence-electron chi connectivity index (χ3n) is 8.77. The largest absolute Gasteiger partial charge is 0.469 e. The van der Waals surface area contributed by atoms with E-state index >= 15 is 0 Å². The predicted octanol–water partition coefficient (Wildman–Crippen LogP) is 4.88. The van der Waals surface area contributed by atoms with E-state index in [0.29, 0.717) is 18.9 Å². The van der Waals surface area contributed by atoms with Crippen LogP contribution in [0.25, 0.3) is 5.70 Å². The third-order valence-corrected chi connectivity index (χ3v) is 8.77. The molecular formula is C36H38N4O7. The van der Waals surface area contributed by atoms with Gasteiger partial charge in [-0.1, -0.05) is 91.0 Å². The monoisotopic (exact) mass is 638 g/mol. The molecule has 1 aromatic heterocycles. The van der Waals surface area contributed by atoms with Crippen molar-refractivity contribution in [3.05, 3.63) is 120 Å². The highest BCUT2D eigenvalue weighted by atomic mass is 16.8. The van der Waals surface area contributed by atoms with Crippen molar-refractivity contribution in [2.75, 3.05) is 20.8 Å². The zero-order valence-electron chi connectivity index (χ0n) is 26.8. The van der Waals surface area contributed by atoms with Crippen LogP contribution in [0.5, 0.6) is 0 Å². The normalized spacial score (nSPS) is 22.1. The Morgan fingerprint density at radius 1 is 0.872 bits per heavy atom. The molecule has 11 nitrogen and oxygen atoms in total. The highest BCUT2D eigenvalue weighted by molar-refractivity contribution is 5.91. The molecule has 0 unspecified atom stereocenters. The molecule has 2 fully saturated rings. The fourth-order valence-electron chi connectivity index (χ4n) is 6.74. The van der Waals surface area contributed by atoms with Gasteiger partial charge in [-0.3, -0.25) is 4.79 Å². The Kier molecular flexibility index (Phi) is 9.31. The van der Waals surface area contributed by atoms with Crippen LogP contribution in [-0.2, 0) is 38.9 Å². The van der Waals surface area contributed by atoms with E-state index in [0.717, 1.165) is 16.7 Å². The molecular weight excluding hydrogens is 600 g/mol. The summed E-state index contributed by atoms with van der Waals surface area (Å²) in [5.41, 5.74) is 2.30. The Morgan fingerprint density at radius 3 is 1.96 bits per heavy atom. The van der Waals surface area contributed by atoms with Gasteiger partial charge in [0, 0.05) is 12.0 Å². The Hall–Kier alpha value is -4.71. The van der Waals surface area contributed by atoms with Crippen molar-refractivity contribution in [3.8, 4) is 0 Å². The molecule has 0 N–H and O–H groups in total. The summed E-state index contributed by atoms with van der Waals surface area (Å²) in [4.78, 5) is 24.6. The molecule has 1 aliphatic carbocycles. The Morgan fingerprint density at radius 2 is 1.43 bits per heavy atom. The lowest BCUT2D eigenvalue weighted by molar-refractivity contribution is -0.162. The van der Waals surface area contributed by atoms with Gasteiger partial charge < -0.3 is 23.7 Å². The van der Waals surface area contributed by atoms with E-state index in [2.05, 4.69) is 51.9 Å². The van der Waals surface area contributed by atoms with Crippen molar-refractivity contribution in [1.82, 2.24) is 20.2 Å². The van der Waals surface area contributed by atoms with E-state index < -0.39 is 29.4 Å². The van der Waals surface area contributed by atoms with Crippen molar-refractivity contribution in [3.63, 3.8) is 0 Å². The second-order valence-corrected chi connectivity index (χ2v) is 12.1. The number of nitrogens with zero attached hydrogens (tertiary/aromatic N) is 4. The second-order valence-electron chi connectivity index (χ2n) is 12.1. The van der Waals surface area contributed by atoms with Crippen LogP contribution in [0.3, 0.4) is 0 Å². The molecule has 3 aromatic carbocycles. The zero-order valence-corrected chi connectivity index (χ0v) is 26.8. The number of methoxy groups -OCH3 is 2. The van der Waals surface area contributed by atoms with Crippen molar-refractivity contribution >= 4 is 17.6 Å². The molecule has 1 saturated heterocycles. The molecule has 4 atom stereocenters. The number of tetrazole rings is 1. The van der Waals surface area contributed by atoms with Gasteiger partial charge in [-0.2, -0.15) is 0 Å². The summed E-state index contributed by atoms with van der Waals surface area (Å²) < 4.78 is 31.3. The summed E-state index contributed by atoms with van der Waals surface area (Å²) in [5.74, 6) is -2.11. The highest BCUT2D eigenvalue weighted by Crippen LogP contribution is 2.50. The van der Waals surface area contributed by atoms with E-state index in [-0.39, 0.29) is 30.1 Å². The molecule has 1 aliphatic heterocycles. The first kappa shape index (κ1) is 32.2. The van der Waals surface area contributed by atoms with E-state index in [1.54, 1.807) is 0 Å². The molecule has 0 bridgehead atoms. The van der Waals surface area contributed by atoms with Crippen LogP contribution >= 0.6 is 0 Å². The van der Waals surface area contributed by atoms with Crippen LogP contribution in [0.1, 0.15) is 55.1 Å². The highest BCUT2D eigenvalue weighted by Gasteiger charge is 2.56. The molecule has 6 rings (SSSR count). The first-order chi connectivity index (χ1) is 22.8. The smallest absolute Gasteiger partial charge is 0.332 e. The van der Waals surface area contributed by atoms with E-state index in [1.165, 1.54) is 25.0 Å². The van der Waals surface area contributed by atoms with Gasteiger partial charge in [-0.15, -0.1) is 5.10 Å². The number of ether oxygens (including phenoxy) is 5. The van der Waals surface area contributed by atoms with Gasteiger partial charge in [0.2, 0.25) is 0 Å². The molecule has 4 aromatic rings. The minimum absolute atomic E-state index is 0.124. The fraction of sp³-hybridized carbons (Fsp3) is 0.361. The van der Waals surface area contributed by atoms with Crippen molar-refractivity contribution in [2.24, 2.45) is 5.92 Å². The maximum absolute atomic E-state index is 12.3. The fourth-order valence-corrected chi connectivity index (χ4v) is 6.74. The maximum atomic E-state index is 12.3. The van der Waals surface area contributed by atoms with Crippen LogP contribution in [0.15, 0.2) is 97.1 Å². The average molecular weight is 639 g/mol. The third kappa shape index (κ3) is 6.47. The number of carbonyl (C=O) groups excluding carboxylic acids is 2. The maximum Gasteiger partial charge on any atom is 0.332 e. The van der Waals surface area contributed by atoms with E-state index in [4.69, 9.17) is 23.7 Å². The van der Waals surface area contributed by atoms with Crippen LogP contribution in [0.4, 0.5) is 0 Å². The molecule has 0 amide bonds. The SMILES string of the molecule is COC(=O)C=C(CC(=O)OC)n1nnnc1[C@@H]1C[C@H](COC(c2ccccc2)(c2ccccc2)c2ccccc2)[C@H]2OC(C)(C)O[C@H]21. The minimum Gasteiger partial charge on any atom is -0.469 e. The first-order valence-corrected chi connectivity index (χ1v) is 15.6. The topological polar surface area (TPSA) is 124 Å². The lowest BCUT2D eigenvalue weighted by atomic mass is 9.80. The Labute approximate surface area is 273 Å². The standard InChI is InChI=1S/C36H38N4O7/c1-35(2)46-32-24(20-29(33(32)47-35)34-37-38-39-40(34)28(21-30(41)43-3)22-31(42)44-4)23-45-36(25-14-8-5-9-15-25,26-16-10-6-11-17-26)27-18-12-7-13-19-27/h5-19,21,24,29,32-33H,20,22-23H2,1-4H3/t24-,29-,32-,33+/m1/s1. The van der Waals surface area contributed by atoms with Gasteiger partial charge >= 0.3 is 11.9 Å². The van der Waals surface area contributed by atoms with Gasteiger partial charge in [0.25, 0.3) is 0 Å². The summed E-state index contributed by atoms with van der Waals surface area (Å²) in [6.07, 6.45) is 0.750. The van der Waals surface area contributed by atoms with Crippen LogP contribution in [0.2, 0.25) is 0 Å². The Bertz CT molecular complexity index is 1610. The number of hydrogen-bond acceptors (Lipinski definition) is 10. The van der Waals surface area contributed by atoms with Gasteiger partial charge in [0.1, 0.15) is 5.60 Å². The predicted molar refractivity (Wildman–Crippen MR) is 171 cm³/mol. The van der Waals surface area contributed by atoms with Crippen molar-refractivity contribution < 1.29 is 33.3 Å². The first-order valence-electron chi connectivity index (χ1n) is 15.6. The van der Waals surface area contributed by atoms with Crippen LogP contribution in [0, 0.1) is 5.92 Å². The van der Waals surface area contributed by atoms with Gasteiger partial charge in [-0.05, 0) is 47.4 Å². The number of benzene rings is 3. The minimum atomic E-state index is -0.912. The summed E-state index contributed by atoms with van der Waals surface area (Å²) in [6.45, 7) is 4.08. The van der Waals surface area contributed by atoms with Crippen LogP contribution < -0.4 is 0 Å². The quantitative estimate of drug-likeness (QED) is 0.128. The van der Waals surface area contributed by atoms with Gasteiger partial charge in [0.05, 0.1) is 51.1 Å². The zero-order chi connectivity index (χ0) is 33.0. The summed E-state index contributed by atoms with van der Waals surface area (Å²) in [7, 11) is 2.53. The van der Waals surface area contributed by atoms with E-state index in [9.17, 15) is 9.59 Å². The molecule has 0 spiro atoms. The molecule has 1 saturated carbocycles. The van der Waals surface area contributed by atoms with Gasteiger partial charge in [0.15, 0.2) is 11.6 Å². The Balaban J connectivity index is 1.38. The molecule has 2 aliphatic rings. The molecule has 244 valence electrons. The van der Waals surface area contributed by atoms with E-state index in [1.807, 2.05) is 68.4 Å². The lowest BCUT2D eigenvalue weighted by Gasteiger charge is -2.37. The summed E-state index contributed by atoms with van der Waals surface area (Å²) in [6, 6.07) is 30.6. The summed E-state index contributed by atoms with van der Waals surface area (Å²) >= 11 is 0. The number of rotatable bonds is 11. The number of carbonyl (C=O) groups is 2. The molecule has 0 radical (unpaired) electrons. The molecule has 11 heteroatoms. The summed E-state index contributed by atoms with van der Waals surface area (Å²) in [5, 5.41) is 12.4. The van der Waals surface area contributed by atoms with Crippen LogP contribution in [-0.4, -0.2) is 71.0 Å².